The first kappa shape index (κ1) is 102. The van der Waals surface area contributed by atoms with E-state index in [2.05, 4.69) is 203 Å². The third kappa shape index (κ3) is 81.5. The lowest BCUT2D eigenvalue weighted by Gasteiger charge is -2.21. The molecule has 0 bridgehead atoms. The van der Waals surface area contributed by atoms with Gasteiger partial charge in [-0.2, -0.15) is 0 Å². The normalized spacial score (nSPS) is 14.9. The van der Waals surface area contributed by atoms with Gasteiger partial charge in [-0.1, -0.05) is 306 Å². The standard InChI is InChI=1S/C89H146O16P2/c1-4-7-10-13-16-19-22-25-28-31-34-37-39-41-43-46-48-51-54-57-60-63-66-69-72-75-87(92)99-78-84(90)79-101-106(95,96)102-80-85(91)81-103-107(97,98)104-83-86(105-89(94)77-74-71-68-65-62-59-56-53-50-45-36-33-30-27-24-21-18-15-12-9-6-3)82-100-88(93)76-73-70-67-64-61-58-55-52-49-47-44-42-40-38-35-32-29-26-23-20-17-14-11-8-5-2/h7,9-10,12,16-21,25-30,34-38,41-45,48,51,53,56,84-86,90-91H,4-6,8,11,13-15,22-24,31-33,39-40,46-47,49-50,52,54-55,57-83H2,1-3H3,(H,95,96)(H,97,98)/b10-7-,12-9-,19-16-,20-17-,21-18-,28-25-,29-26-,30-27-,37-34-,38-35-,43-41-,44-42-,45-36-,51-48-,56-53-. The Labute approximate surface area is 649 Å². The fraction of sp³-hybridized carbons (Fsp3) is 0.629. The third-order valence-electron chi connectivity index (χ3n) is 16.6. The maximum absolute atomic E-state index is 13.0. The Kier molecular flexibility index (Phi) is 76.2. The molecular formula is C89H146O16P2. The number of hydrogen-bond acceptors (Lipinski definition) is 14. The zero-order chi connectivity index (χ0) is 78.0. The zero-order valence-electron chi connectivity index (χ0n) is 66.5. The second-order valence-electron chi connectivity index (χ2n) is 26.8. The molecule has 5 atom stereocenters. The van der Waals surface area contributed by atoms with Crippen LogP contribution < -0.4 is 0 Å². The molecule has 0 fully saturated rings. The van der Waals surface area contributed by atoms with E-state index < -0.39 is 91.5 Å². The molecule has 5 unspecified atom stereocenters. The third-order valence-corrected chi connectivity index (χ3v) is 18.5. The van der Waals surface area contributed by atoms with Crippen LogP contribution in [-0.4, -0.2) is 95.9 Å². The van der Waals surface area contributed by atoms with Gasteiger partial charge in [-0.05, 0) is 161 Å². The van der Waals surface area contributed by atoms with Gasteiger partial charge in [-0.25, -0.2) is 9.13 Å². The zero-order valence-corrected chi connectivity index (χ0v) is 68.3. The summed E-state index contributed by atoms with van der Waals surface area (Å²) >= 11 is 0. The van der Waals surface area contributed by atoms with Crippen LogP contribution in [0.2, 0.25) is 0 Å². The van der Waals surface area contributed by atoms with Crippen molar-refractivity contribution in [1.29, 1.82) is 0 Å². The van der Waals surface area contributed by atoms with Gasteiger partial charge in [-0.3, -0.25) is 32.5 Å². The number of allylic oxidation sites excluding steroid dienone is 30. The molecule has 0 aromatic heterocycles. The summed E-state index contributed by atoms with van der Waals surface area (Å²) in [6.45, 7) is 2.37. The van der Waals surface area contributed by atoms with Crippen molar-refractivity contribution in [3.8, 4) is 0 Å². The predicted molar refractivity (Wildman–Crippen MR) is 445 cm³/mol. The molecule has 107 heavy (non-hydrogen) atoms. The van der Waals surface area contributed by atoms with Crippen LogP contribution in [0.15, 0.2) is 182 Å². The average Bonchev–Trinajstić information content (AvgIpc) is 0.904. The van der Waals surface area contributed by atoms with Crippen LogP contribution in [0.25, 0.3) is 0 Å². The Morgan fingerprint density at radius 2 is 0.495 bits per heavy atom. The van der Waals surface area contributed by atoms with Crippen molar-refractivity contribution in [2.45, 2.75) is 322 Å². The monoisotopic (exact) mass is 1530 g/mol. The fourth-order valence-corrected chi connectivity index (χ4v) is 12.0. The smallest absolute Gasteiger partial charge is 0.463 e. The van der Waals surface area contributed by atoms with E-state index in [4.69, 9.17) is 32.3 Å². The molecule has 18 heteroatoms. The summed E-state index contributed by atoms with van der Waals surface area (Å²) in [5, 5.41) is 20.7. The number of aliphatic hydroxyl groups is 2. The van der Waals surface area contributed by atoms with Crippen LogP contribution in [0.5, 0.6) is 0 Å². The van der Waals surface area contributed by atoms with Crippen molar-refractivity contribution < 1.29 is 75.8 Å². The van der Waals surface area contributed by atoms with Crippen molar-refractivity contribution in [2.75, 3.05) is 39.6 Å². The van der Waals surface area contributed by atoms with Crippen LogP contribution in [0.3, 0.4) is 0 Å². The van der Waals surface area contributed by atoms with Crippen molar-refractivity contribution in [2.24, 2.45) is 0 Å². The van der Waals surface area contributed by atoms with Gasteiger partial charge in [0.1, 0.15) is 25.4 Å². The van der Waals surface area contributed by atoms with Gasteiger partial charge < -0.3 is 34.2 Å². The number of carbonyl (C=O) groups excluding carboxylic acids is 3. The van der Waals surface area contributed by atoms with Gasteiger partial charge in [0.25, 0.3) is 0 Å². The largest absolute Gasteiger partial charge is 0.472 e. The van der Waals surface area contributed by atoms with E-state index in [1.807, 2.05) is 0 Å². The van der Waals surface area contributed by atoms with Crippen LogP contribution in [-0.2, 0) is 55.8 Å². The van der Waals surface area contributed by atoms with Crippen LogP contribution >= 0.6 is 15.6 Å². The summed E-state index contributed by atoms with van der Waals surface area (Å²) in [4.78, 5) is 58.8. The lowest BCUT2D eigenvalue weighted by molar-refractivity contribution is -0.161. The van der Waals surface area contributed by atoms with E-state index in [1.54, 1.807) is 0 Å². The van der Waals surface area contributed by atoms with Gasteiger partial charge in [0.2, 0.25) is 0 Å². The van der Waals surface area contributed by atoms with Crippen molar-refractivity contribution in [3.05, 3.63) is 182 Å². The molecule has 0 saturated heterocycles. The van der Waals surface area contributed by atoms with Gasteiger partial charge >= 0.3 is 33.6 Å². The Morgan fingerprint density at radius 3 is 0.785 bits per heavy atom. The summed E-state index contributed by atoms with van der Waals surface area (Å²) < 4.78 is 61.3. The Hall–Kier alpha value is -5.35. The van der Waals surface area contributed by atoms with E-state index in [0.717, 1.165) is 193 Å². The summed E-state index contributed by atoms with van der Waals surface area (Å²) in [7, 11) is -9.82. The van der Waals surface area contributed by atoms with Gasteiger partial charge in [0.15, 0.2) is 6.10 Å². The quantitative estimate of drug-likeness (QED) is 0.0146. The minimum absolute atomic E-state index is 0.0739. The number of phosphoric acid groups is 2. The summed E-state index contributed by atoms with van der Waals surface area (Å²) in [6.07, 6.45) is 103. The fourth-order valence-electron chi connectivity index (χ4n) is 10.4. The highest BCUT2D eigenvalue weighted by atomic mass is 31.2. The van der Waals surface area contributed by atoms with E-state index in [0.29, 0.717) is 19.3 Å². The van der Waals surface area contributed by atoms with Crippen LogP contribution in [0, 0.1) is 0 Å². The molecule has 0 heterocycles. The lowest BCUT2D eigenvalue weighted by Crippen LogP contribution is -2.30. The van der Waals surface area contributed by atoms with Gasteiger partial charge in [0.05, 0.1) is 26.4 Å². The molecule has 16 nitrogen and oxygen atoms in total. The second-order valence-corrected chi connectivity index (χ2v) is 29.7. The van der Waals surface area contributed by atoms with Crippen molar-refractivity contribution >= 4 is 33.6 Å². The maximum atomic E-state index is 13.0. The molecule has 0 aromatic rings. The van der Waals surface area contributed by atoms with Crippen LogP contribution in [0.4, 0.5) is 0 Å². The molecule has 0 aliphatic heterocycles. The molecule has 0 aromatic carbocycles. The Bertz CT molecular complexity index is 2670. The summed E-state index contributed by atoms with van der Waals surface area (Å²) in [5.74, 6) is -1.62. The number of esters is 3. The predicted octanol–water partition coefficient (Wildman–Crippen LogP) is 24.5. The topological polar surface area (TPSA) is 231 Å². The van der Waals surface area contributed by atoms with Crippen LogP contribution in [0.1, 0.15) is 303 Å². The number of ether oxygens (including phenoxy) is 3. The summed E-state index contributed by atoms with van der Waals surface area (Å²) in [6, 6.07) is 0. The first-order chi connectivity index (χ1) is 52.2. The highest BCUT2D eigenvalue weighted by molar-refractivity contribution is 7.47. The van der Waals surface area contributed by atoms with Crippen molar-refractivity contribution in [3.63, 3.8) is 0 Å². The minimum Gasteiger partial charge on any atom is -0.463 e. The molecule has 0 saturated carbocycles. The highest BCUT2D eigenvalue weighted by Gasteiger charge is 2.29. The highest BCUT2D eigenvalue weighted by Crippen LogP contribution is 2.45. The molecular weight excluding hydrogens is 1390 g/mol. The number of phosphoric ester groups is 2. The molecule has 0 spiro atoms. The van der Waals surface area contributed by atoms with E-state index in [1.165, 1.54) is 51.4 Å². The Morgan fingerprint density at radius 1 is 0.271 bits per heavy atom. The number of carbonyl (C=O) groups is 3. The number of aliphatic hydroxyl groups excluding tert-OH is 2. The SMILES string of the molecule is CC/C=C\C/C=C\C/C=C\C/C=C\C/C=C\C/C=C\CCCCCCCCC(=O)OCC(O)COP(=O)(O)OCC(O)COP(=O)(O)OCC(COC(=O)CCCCCCCCCCC/C=C\C/C=C\C/C=C\C/C=C\CCCCC)OC(=O)CCCCCCC/C=C\C/C=C\C/C=C\C/C=C\C/C=C\CC. The first-order valence-electron chi connectivity index (χ1n) is 41.1. The van der Waals surface area contributed by atoms with Gasteiger partial charge in [0, 0.05) is 19.3 Å². The first-order valence-corrected chi connectivity index (χ1v) is 44.1. The summed E-state index contributed by atoms with van der Waals surface area (Å²) in [5.41, 5.74) is 0. The van der Waals surface area contributed by atoms with Gasteiger partial charge in [-0.15, -0.1) is 0 Å². The van der Waals surface area contributed by atoms with E-state index >= 15 is 0 Å². The van der Waals surface area contributed by atoms with E-state index in [-0.39, 0.29) is 19.3 Å². The van der Waals surface area contributed by atoms with Crippen molar-refractivity contribution in [1.82, 2.24) is 0 Å². The maximum Gasteiger partial charge on any atom is 0.472 e. The molecule has 608 valence electrons. The minimum atomic E-state index is -4.95. The lowest BCUT2D eigenvalue weighted by atomic mass is 10.1. The molecule has 4 N–H and O–H groups in total. The molecule has 0 aliphatic carbocycles. The molecule has 0 rings (SSSR count). The number of hydrogen-bond donors (Lipinski definition) is 4. The molecule has 0 amide bonds. The number of rotatable bonds is 76. The molecule has 0 radical (unpaired) electrons. The Balaban J connectivity index is 4.74. The van der Waals surface area contributed by atoms with E-state index in [9.17, 15) is 43.5 Å². The second kappa shape index (κ2) is 80.2. The number of unbranched alkanes of at least 4 members (excludes halogenated alkanes) is 23. The average molecular weight is 1530 g/mol. The molecule has 0 aliphatic rings.